The zero-order valence-electron chi connectivity index (χ0n) is 8.63. The van der Waals surface area contributed by atoms with Gasteiger partial charge in [-0.1, -0.05) is 0 Å². The monoisotopic (exact) mass is 278 g/mol. The Bertz CT molecular complexity index is 136. The van der Waals surface area contributed by atoms with E-state index in [1.165, 1.54) is 0 Å². The number of ether oxygens (including phenoxy) is 1. The Balaban J connectivity index is -0.0000000242. The smallest absolute Gasteiger partial charge is 0 e. The molecule has 1 saturated heterocycles. The number of hydrogen-bond acceptors (Lipinski definition) is 1. The van der Waals surface area contributed by atoms with Crippen LogP contribution in [-0.4, -0.2) is 26.3 Å². The zero-order valence-corrected chi connectivity index (χ0v) is 9.91. The van der Waals surface area contributed by atoms with Gasteiger partial charge in [0.1, 0.15) is 0 Å². The van der Waals surface area contributed by atoms with Gasteiger partial charge in [0.2, 0.25) is 0 Å². The van der Waals surface area contributed by atoms with Gasteiger partial charge in [-0.15, -0.1) is 13.1 Å². The number of rotatable bonds is 0. The van der Waals surface area contributed by atoms with E-state index in [2.05, 4.69) is 38.6 Å². The molecule has 1 heterocycles. The van der Waals surface area contributed by atoms with Crippen LogP contribution in [0.15, 0.2) is 0 Å². The van der Waals surface area contributed by atoms with E-state index in [1.54, 1.807) is 0 Å². The van der Waals surface area contributed by atoms with E-state index < -0.39 is 0 Å². The molecule has 0 atom stereocenters. The van der Waals surface area contributed by atoms with Crippen molar-refractivity contribution in [1.29, 1.82) is 0 Å². The molecule has 1 fully saturated rings. The van der Waals surface area contributed by atoms with Crippen molar-refractivity contribution in [2.24, 2.45) is 0 Å². The van der Waals surface area contributed by atoms with Gasteiger partial charge in [-0.3, -0.25) is 0 Å². The molecule has 17 heavy (non-hydrogen) atoms. The van der Waals surface area contributed by atoms with Crippen molar-refractivity contribution >= 4 is 0 Å². The summed E-state index contributed by atoms with van der Waals surface area (Å²) in [5, 5.41) is 4.05. The number of nitrogens with zero attached hydrogens (tertiary/aromatic N) is 1. The van der Waals surface area contributed by atoms with E-state index in [-0.39, 0.29) is 17.4 Å². The van der Waals surface area contributed by atoms with Crippen LogP contribution in [0, 0.1) is 33.3 Å². The molecule has 0 saturated carbocycles. The fourth-order valence-corrected chi connectivity index (χ4v) is 0.472. The first-order valence-corrected chi connectivity index (χ1v) is 3.23. The topological polar surface area (TPSA) is 123 Å². The van der Waals surface area contributed by atoms with Crippen molar-refractivity contribution < 1.29 is 45.4 Å². The molecule has 0 aromatic carbocycles. The van der Waals surface area contributed by atoms with Crippen LogP contribution >= 0.6 is 0 Å². The SMILES string of the molecule is C1COCC[N-]1.[C-]#[O+].[C-]#[O+].[C-]#[O+].[C-]#[O+].[C-]#[O+].[Cr]. The van der Waals surface area contributed by atoms with Gasteiger partial charge in [0.05, 0.1) is 0 Å². The maximum atomic E-state index is 7.50. The molecule has 0 unspecified atom stereocenters. The molecule has 1 rings (SSSR count). The summed E-state index contributed by atoms with van der Waals surface area (Å²) in [5.41, 5.74) is 0. The van der Waals surface area contributed by atoms with Gasteiger partial charge in [-0.2, -0.15) is 0 Å². The van der Waals surface area contributed by atoms with Crippen molar-refractivity contribution in [3.05, 3.63) is 38.6 Å². The van der Waals surface area contributed by atoms with Crippen molar-refractivity contribution in [3.8, 4) is 0 Å². The van der Waals surface area contributed by atoms with Crippen molar-refractivity contribution in [1.82, 2.24) is 0 Å². The summed E-state index contributed by atoms with van der Waals surface area (Å²) in [4.78, 5) is 0. The Morgan fingerprint density at radius 1 is 0.647 bits per heavy atom. The van der Waals surface area contributed by atoms with Crippen LogP contribution in [0.2, 0.25) is 0 Å². The summed E-state index contributed by atoms with van der Waals surface area (Å²) < 4.78 is 42.5. The van der Waals surface area contributed by atoms with Gasteiger partial charge in [0.25, 0.3) is 0 Å². The molecule has 0 amide bonds. The molecule has 0 aliphatic carbocycles. The largest absolute Gasteiger partial charge is 0 e. The minimum Gasteiger partial charge on any atom is 0 e. The average molecular weight is 278 g/mol. The third kappa shape index (κ3) is 98.7. The van der Waals surface area contributed by atoms with Crippen LogP contribution in [0.1, 0.15) is 0 Å². The van der Waals surface area contributed by atoms with E-state index in [1.807, 2.05) is 0 Å². The van der Waals surface area contributed by atoms with Crippen molar-refractivity contribution in [2.75, 3.05) is 26.3 Å². The summed E-state index contributed by atoms with van der Waals surface area (Å²) in [6, 6.07) is 0. The molecule has 1 aliphatic heterocycles. The molecule has 7 nitrogen and oxygen atoms in total. The Kier molecular flexibility index (Phi) is 242. The standard InChI is InChI=1S/C4H8NO.5CO.Cr/c1-3-6-4-2-5-1;5*1-2;/h1-4H2;;;;;;/q-1;;;;;;. The Hall–Kier alpha value is -0.848. The molecule has 8 heteroatoms. The first-order valence-electron chi connectivity index (χ1n) is 3.23. The van der Waals surface area contributed by atoms with E-state index >= 15 is 0 Å². The predicted molar refractivity (Wildman–Crippen MR) is 43.6 cm³/mol. The average Bonchev–Trinajstić information content (AvgIpc) is 2.51. The first kappa shape index (κ1) is 36.0. The van der Waals surface area contributed by atoms with Crippen LogP contribution in [-0.2, 0) is 45.4 Å². The van der Waals surface area contributed by atoms with Crippen molar-refractivity contribution in [3.63, 3.8) is 0 Å². The Labute approximate surface area is 111 Å². The zero-order chi connectivity index (χ0) is 14.2. The van der Waals surface area contributed by atoms with Gasteiger partial charge in [-0.05, 0) is 0 Å². The minimum absolute atomic E-state index is 0. The van der Waals surface area contributed by atoms with Gasteiger partial charge < -0.3 is 10.1 Å². The summed E-state index contributed by atoms with van der Waals surface area (Å²) >= 11 is 0. The van der Waals surface area contributed by atoms with E-state index in [0.29, 0.717) is 0 Å². The van der Waals surface area contributed by atoms with E-state index in [4.69, 9.17) is 28.0 Å². The third-order valence-corrected chi connectivity index (χ3v) is 0.787. The van der Waals surface area contributed by atoms with Gasteiger partial charge in [0, 0.05) is 30.6 Å². The molecule has 0 N–H and O–H groups in total. The molecule has 0 spiro atoms. The second-order valence-corrected chi connectivity index (χ2v) is 1.28. The summed E-state index contributed by atoms with van der Waals surface area (Å²) in [6.07, 6.45) is 0. The summed E-state index contributed by atoms with van der Waals surface area (Å²) in [7, 11) is 0. The first-order chi connectivity index (χ1) is 8.00. The summed E-state index contributed by atoms with van der Waals surface area (Å²) in [5.74, 6) is 0. The maximum absolute atomic E-state index is 7.50. The maximum Gasteiger partial charge on any atom is 0 e. The van der Waals surface area contributed by atoms with Crippen molar-refractivity contribution in [2.45, 2.75) is 0 Å². The fourth-order valence-electron chi connectivity index (χ4n) is 0.472. The second-order valence-electron chi connectivity index (χ2n) is 1.28. The second kappa shape index (κ2) is 114. The fraction of sp³-hybridized carbons (Fsp3) is 0.444. The van der Waals surface area contributed by atoms with Crippen LogP contribution in [0.25, 0.3) is 5.32 Å². The molecule has 1 aliphatic rings. The van der Waals surface area contributed by atoms with Gasteiger partial charge in [-0.25, -0.2) is 0 Å². The number of hydrogen-bond donors (Lipinski definition) is 0. The quantitative estimate of drug-likeness (QED) is 0.456. The molecule has 0 radical (unpaired) electrons. The molecular weight excluding hydrogens is 270 g/mol. The third-order valence-electron chi connectivity index (χ3n) is 0.787. The molecule has 0 aromatic rings. The van der Waals surface area contributed by atoms with Crippen LogP contribution < -0.4 is 0 Å². The number of morpholine rings is 1. The van der Waals surface area contributed by atoms with E-state index in [0.717, 1.165) is 26.3 Å². The normalized spacial score (nSPS) is 9.06. The van der Waals surface area contributed by atoms with Gasteiger partial charge in [0.15, 0.2) is 0 Å². The van der Waals surface area contributed by atoms with Gasteiger partial charge >= 0.3 is 56.5 Å². The Morgan fingerprint density at radius 2 is 0.882 bits per heavy atom. The molecular formula is C9H8CrNO6-. The van der Waals surface area contributed by atoms with Crippen LogP contribution in [0.5, 0.6) is 0 Å². The van der Waals surface area contributed by atoms with Crippen LogP contribution in [0.4, 0.5) is 0 Å². The van der Waals surface area contributed by atoms with E-state index in [9.17, 15) is 0 Å². The predicted octanol–water partition coefficient (Wildman–Crippen LogP) is 0.200. The minimum atomic E-state index is 0. The molecule has 92 valence electrons. The Morgan fingerprint density at radius 3 is 0.941 bits per heavy atom. The molecule has 0 bridgehead atoms. The summed E-state index contributed by atoms with van der Waals surface area (Å²) in [6.45, 7) is 26.0. The van der Waals surface area contributed by atoms with Crippen LogP contribution in [0.3, 0.4) is 0 Å². The molecule has 0 aromatic heterocycles.